The first kappa shape index (κ1) is 18.0. The van der Waals surface area contributed by atoms with Crippen LogP contribution in [-0.2, 0) is 9.47 Å². The van der Waals surface area contributed by atoms with Gasteiger partial charge >= 0.3 is 0 Å². The lowest BCUT2D eigenvalue weighted by Gasteiger charge is -2.22. The van der Waals surface area contributed by atoms with E-state index in [0.717, 1.165) is 19.8 Å². The number of unbranched alkanes of at least 4 members (excludes halogenated alkanes) is 11. The first-order valence-corrected chi connectivity index (χ1v) is 9.13. The van der Waals surface area contributed by atoms with Crippen LogP contribution < -0.4 is 0 Å². The second-order valence-electron chi connectivity index (χ2n) is 6.25. The van der Waals surface area contributed by atoms with Crippen molar-refractivity contribution in [3.63, 3.8) is 0 Å². The summed E-state index contributed by atoms with van der Waals surface area (Å²) in [6, 6.07) is 0. The Morgan fingerprint density at radius 3 is 1.75 bits per heavy atom. The molecule has 1 unspecified atom stereocenters. The smallest absolute Gasteiger partial charge is 0.0809 e. The molecule has 2 heteroatoms. The minimum atomic E-state index is 0.381. The highest BCUT2D eigenvalue weighted by Crippen LogP contribution is 2.14. The van der Waals surface area contributed by atoms with Gasteiger partial charge < -0.3 is 9.47 Å². The summed E-state index contributed by atoms with van der Waals surface area (Å²) >= 11 is 0. The quantitative estimate of drug-likeness (QED) is 0.416. The largest absolute Gasteiger partial charge is 0.376 e. The van der Waals surface area contributed by atoms with Crippen LogP contribution in [-0.4, -0.2) is 25.9 Å². The Hall–Kier alpha value is -0.0800. The zero-order valence-corrected chi connectivity index (χ0v) is 13.7. The number of ether oxygens (including phenoxy) is 2. The summed E-state index contributed by atoms with van der Waals surface area (Å²) in [7, 11) is 0. The fourth-order valence-electron chi connectivity index (χ4n) is 2.92. The van der Waals surface area contributed by atoms with Gasteiger partial charge in [0.1, 0.15) is 0 Å². The Kier molecular flexibility index (Phi) is 12.5. The van der Waals surface area contributed by atoms with Gasteiger partial charge in [0.05, 0.1) is 25.9 Å². The van der Waals surface area contributed by atoms with Crippen molar-refractivity contribution < 1.29 is 9.47 Å². The van der Waals surface area contributed by atoms with E-state index in [9.17, 15) is 0 Å². The van der Waals surface area contributed by atoms with E-state index in [1.165, 1.54) is 83.5 Å². The molecule has 0 radical (unpaired) electrons. The second kappa shape index (κ2) is 13.9. The molecule has 1 rings (SSSR count). The van der Waals surface area contributed by atoms with E-state index in [1.54, 1.807) is 0 Å². The molecule has 0 aromatic heterocycles. The van der Waals surface area contributed by atoms with Crippen molar-refractivity contribution in [3.8, 4) is 0 Å². The van der Waals surface area contributed by atoms with Crippen molar-refractivity contribution in [3.05, 3.63) is 0 Å². The van der Waals surface area contributed by atoms with Crippen molar-refractivity contribution in [1.82, 2.24) is 0 Å². The van der Waals surface area contributed by atoms with Gasteiger partial charge in [0.15, 0.2) is 0 Å². The van der Waals surface area contributed by atoms with Crippen LogP contribution in [0.15, 0.2) is 0 Å². The molecule has 2 nitrogen and oxygen atoms in total. The van der Waals surface area contributed by atoms with E-state index in [0.29, 0.717) is 6.10 Å². The van der Waals surface area contributed by atoms with E-state index in [-0.39, 0.29) is 0 Å². The lowest BCUT2D eigenvalue weighted by atomic mass is 10.0. The topological polar surface area (TPSA) is 18.5 Å². The number of hydrogen-bond donors (Lipinski definition) is 0. The molecule has 0 aliphatic carbocycles. The van der Waals surface area contributed by atoms with E-state index < -0.39 is 0 Å². The molecule has 1 aliphatic heterocycles. The molecule has 0 bridgehead atoms. The third-order valence-corrected chi connectivity index (χ3v) is 4.26. The highest BCUT2D eigenvalue weighted by molar-refractivity contribution is 4.61. The van der Waals surface area contributed by atoms with Gasteiger partial charge in [-0.05, 0) is 6.42 Å². The molecule has 20 heavy (non-hydrogen) atoms. The van der Waals surface area contributed by atoms with Crippen molar-refractivity contribution in [2.24, 2.45) is 0 Å². The van der Waals surface area contributed by atoms with Gasteiger partial charge in [-0.2, -0.15) is 0 Å². The molecule has 0 N–H and O–H groups in total. The normalized spacial score (nSPS) is 19.4. The predicted molar refractivity (Wildman–Crippen MR) is 86.3 cm³/mol. The van der Waals surface area contributed by atoms with Crippen molar-refractivity contribution >= 4 is 0 Å². The molecule has 0 aromatic carbocycles. The lowest BCUT2D eigenvalue weighted by Crippen LogP contribution is -2.28. The van der Waals surface area contributed by atoms with E-state index >= 15 is 0 Å². The van der Waals surface area contributed by atoms with Gasteiger partial charge in [-0.25, -0.2) is 0 Å². The van der Waals surface area contributed by atoms with Crippen LogP contribution in [0.1, 0.15) is 90.4 Å². The standard InChI is InChI=1S/C18H36O2/c1-2-3-4-5-6-7-8-9-10-11-12-13-14-18-17-19-15-16-20-18/h18H,2-17H2,1H3. The molecule has 1 fully saturated rings. The van der Waals surface area contributed by atoms with Gasteiger partial charge in [0.2, 0.25) is 0 Å². The first-order chi connectivity index (χ1) is 9.93. The van der Waals surface area contributed by atoms with Crippen molar-refractivity contribution in [1.29, 1.82) is 0 Å². The third-order valence-electron chi connectivity index (χ3n) is 4.26. The van der Waals surface area contributed by atoms with Crippen LogP contribution in [0.5, 0.6) is 0 Å². The van der Waals surface area contributed by atoms with Crippen LogP contribution in [0.25, 0.3) is 0 Å². The van der Waals surface area contributed by atoms with Gasteiger partial charge in [-0.3, -0.25) is 0 Å². The van der Waals surface area contributed by atoms with Gasteiger partial charge in [-0.1, -0.05) is 84.0 Å². The van der Waals surface area contributed by atoms with Crippen LogP contribution in [0.3, 0.4) is 0 Å². The Bertz CT molecular complexity index is 188. The Morgan fingerprint density at radius 2 is 1.25 bits per heavy atom. The zero-order valence-electron chi connectivity index (χ0n) is 13.7. The number of rotatable bonds is 13. The Morgan fingerprint density at radius 1 is 0.700 bits per heavy atom. The van der Waals surface area contributed by atoms with E-state index in [1.807, 2.05) is 0 Å². The maximum atomic E-state index is 5.65. The molecule has 0 aromatic rings. The zero-order chi connectivity index (χ0) is 14.3. The van der Waals surface area contributed by atoms with E-state index in [4.69, 9.17) is 9.47 Å². The molecular formula is C18H36O2. The highest BCUT2D eigenvalue weighted by Gasteiger charge is 2.12. The average Bonchev–Trinajstić information content (AvgIpc) is 2.49. The molecule has 1 saturated heterocycles. The average molecular weight is 284 g/mol. The summed E-state index contributed by atoms with van der Waals surface area (Å²) in [5, 5.41) is 0. The summed E-state index contributed by atoms with van der Waals surface area (Å²) in [4.78, 5) is 0. The summed E-state index contributed by atoms with van der Waals surface area (Å²) in [6.07, 6.45) is 18.6. The molecule has 1 atom stereocenters. The predicted octanol–water partition coefficient (Wildman–Crippen LogP) is 5.49. The second-order valence-corrected chi connectivity index (χ2v) is 6.25. The molecule has 1 aliphatic rings. The fraction of sp³-hybridized carbons (Fsp3) is 1.00. The van der Waals surface area contributed by atoms with Crippen molar-refractivity contribution in [2.45, 2.75) is 96.5 Å². The molecule has 1 heterocycles. The van der Waals surface area contributed by atoms with Crippen LogP contribution in [0, 0.1) is 0 Å². The fourth-order valence-corrected chi connectivity index (χ4v) is 2.92. The van der Waals surface area contributed by atoms with Crippen LogP contribution in [0.4, 0.5) is 0 Å². The number of hydrogen-bond acceptors (Lipinski definition) is 2. The molecular weight excluding hydrogens is 248 g/mol. The minimum absolute atomic E-state index is 0.381. The van der Waals surface area contributed by atoms with E-state index in [2.05, 4.69) is 6.92 Å². The first-order valence-electron chi connectivity index (χ1n) is 9.13. The Labute approximate surface area is 126 Å². The highest BCUT2D eigenvalue weighted by atomic mass is 16.6. The monoisotopic (exact) mass is 284 g/mol. The van der Waals surface area contributed by atoms with Gasteiger partial charge in [0.25, 0.3) is 0 Å². The molecule has 120 valence electrons. The van der Waals surface area contributed by atoms with Crippen LogP contribution in [0.2, 0.25) is 0 Å². The van der Waals surface area contributed by atoms with Crippen LogP contribution >= 0.6 is 0 Å². The Balaban J connectivity index is 1.70. The SMILES string of the molecule is CCCCCCCCCCCCCCC1COCCO1. The van der Waals surface area contributed by atoms with Crippen molar-refractivity contribution in [2.75, 3.05) is 19.8 Å². The maximum absolute atomic E-state index is 5.65. The molecule has 0 spiro atoms. The van der Waals surface area contributed by atoms with Gasteiger partial charge in [0, 0.05) is 0 Å². The minimum Gasteiger partial charge on any atom is -0.376 e. The third kappa shape index (κ3) is 10.7. The summed E-state index contributed by atoms with van der Waals surface area (Å²) < 4.78 is 11.1. The van der Waals surface area contributed by atoms with Gasteiger partial charge in [-0.15, -0.1) is 0 Å². The summed E-state index contributed by atoms with van der Waals surface area (Å²) in [5.41, 5.74) is 0. The molecule has 0 amide bonds. The molecule has 0 saturated carbocycles. The lowest BCUT2D eigenvalue weighted by molar-refractivity contribution is -0.0912. The maximum Gasteiger partial charge on any atom is 0.0809 e. The summed E-state index contributed by atoms with van der Waals surface area (Å²) in [6.45, 7) is 4.68. The summed E-state index contributed by atoms with van der Waals surface area (Å²) in [5.74, 6) is 0.